The summed E-state index contributed by atoms with van der Waals surface area (Å²) >= 11 is 0. The van der Waals surface area contributed by atoms with Crippen LogP contribution in [0.15, 0.2) is 24.3 Å². The Morgan fingerprint density at radius 1 is 1.05 bits per heavy atom. The number of nitrogens with one attached hydrogen (secondary N) is 1. The highest BCUT2D eigenvalue weighted by Crippen LogP contribution is 2.65. The summed E-state index contributed by atoms with van der Waals surface area (Å²) in [5.41, 5.74) is 1.00. The average molecular weight is 297 g/mol. The molecule has 4 atom stereocenters. The molecule has 5 heteroatoms. The highest BCUT2D eigenvalue weighted by molar-refractivity contribution is 5.28. The number of fused-ring (bicyclic) bond motifs is 5. The monoisotopic (exact) mass is 297 g/mol. The second kappa shape index (κ2) is 4.63. The highest BCUT2D eigenvalue weighted by Gasteiger charge is 2.64. The molecule has 3 aliphatic rings. The average Bonchev–Trinajstić information content (AvgIpc) is 2.80. The molecule has 0 saturated heterocycles. The molecule has 21 heavy (non-hydrogen) atoms. The van der Waals surface area contributed by atoms with Crippen molar-refractivity contribution in [1.82, 2.24) is 5.32 Å². The van der Waals surface area contributed by atoms with E-state index in [0.29, 0.717) is 6.04 Å². The number of benzene rings is 1. The summed E-state index contributed by atoms with van der Waals surface area (Å²) in [5.74, 6) is 3.45. The zero-order valence-corrected chi connectivity index (χ0v) is 11.6. The van der Waals surface area contributed by atoms with E-state index in [-0.39, 0.29) is 5.75 Å². The molecule has 0 amide bonds. The van der Waals surface area contributed by atoms with E-state index in [9.17, 15) is 13.2 Å². The van der Waals surface area contributed by atoms with Crippen LogP contribution < -0.4 is 10.1 Å². The molecule has 0 radical (unpaired) electrons. The van der Waals surface area contributed by atoms with Crippen molar-refractivity contribution in [3.63, 3.8) is 0 Å². The first-order chi connectivity index (χ1) is 10.0. The van der Waals surface area contributed by atoms with Gasteiger partial charge in [0.05, 0.1) is 0 Å². The number of alkyl halides is 3. The lowest BCUT2D eigenvalue weighted by Crippen LogP contribution is -2.22. The molecule has 3 saturated carbocycles. The van der Waals surface area contributed by atoms with Crippen LogP contribution in [0.25, 0.3) is 0 Å². The van der Waals surface area contributed by atoms with E-state index in [1.165, 1.54) is 31.4 Å². The normalized spacial score (nSPS) is 36.6. The largest absolute Gasteiger partial charge is 0.573 e. The topological polar surface area (TPSA) is 21.3 Å². The minimum Gasteiger partial charge on any atom is -0.406 e. The highest BCUT2D eigenvalue weighted by atomic mass is 19.4. The van der Waals surface area contributed by atoms with Crippen molar-refractivity contribution >= 4 is 0 Å². The predicted octanol–water partition coefficient (Wildman–Crippen LogP) is 3.72. The molecule has 1 aromatic rings. The number of ether oxygens (including phenoxy) is 1. The molecule has 1 aromatic carbocycles. The van der Waals surface area contributed by atoms with Gasteiger partial charge < -0.3 is 10.1 Å². The Labute approximate surface area is 121 Å². The summed E-state index contributed by atoms with van der Waals surface area (Å²) in [6.45, 7) is 0.726. The maximum Gasteiger partial charge on any atom is 0.573 e. The van der Waals surface area contributed by atoms with Crippen molar-refractivity contribution in [2.24, 2.45) is 23.7 Å². The van der Waals surface area contributed by atoms with Crippen LogP contribution in [0.2, 0.25) is 0 Å². The Morgan fingerprint density at radius 3 is 2.24 bits per heavy atom. The lowest BCUT2D eigenvalue weighted by atomic mass is 10.0. The summed E-state index contributed by atoms with van der Waals surface area (Å²) in [6, 6.07) is 6.79. The maximum atomic E-state index is 12.1. The smallest absolute Gasteiger partial charge is 0.406 e. The van der Waals surface area contributed by atoms with Crippen LogP contribution in [0.4, 0.5) is 13.2 Å². The second-order valence-corrected chi connectivity index (χ2v) is 6.59. The fourth-order valence-electron chi connectivity index (χ4n) is 4.64. The van der Waals surface area contributed by atoms with Gasteiger partial charge >= 0.3 is 6.36 Å². The molecule has 2 bridgehead atoms. The molecule has 0 aromatic heterocycles. The predicted molar refractivity (Wildman–Crippen MR) is 71.6 cm³/mol. The van der Waals surface area contributed by atoms with Crippen molar-refractivity contribution in [3.05, 3.63) is 29.8 Å². The van der Waals surface area contributed by atoms with E-state index in [1.807, 2.05) is 0 Å². The lowest BCUT2D eigenvalue weighted by molar-refractivity contribution is -0.274. The third kappa shape index (κ3) is 2.52. The summed E-state index contributed by atoms with van der Waals surface area (Å²) in [5, 5.41) is 3.58. The summed E-state index contributed by atoms with van der Waals surface area (Å²) in [7, 11) is 0. The van der Waals surface area contributed by atoms with Gasteiger partial charge in [-0.15, -0.1) is 13.2 Å². The number of rotatable bonds is 4. The minimum absolute atomic E-state index is 0.160. The zero-order valence-electron chi connectivity index (χ0n) is 11.6. The van der Waals surface area contributed by atoms with Gasteiger partial charge in [0.1, 0.15) is 5.75 Å². The van der Waals surface area contributed by atoms with Crippen LogP contribution >= 0.6 is 0 Å². The van der Waals surface area contributed by atoms with Crippen LogP contribution in [-0.2, 0) is 6.54 Å². The molecule has 2 nitrogen and oxygen atoms in total. The first kappa shape index (κ1) is 13.4. The first-order valence-corrected chi connectivity index (χ1v) is 7.59. The molecule has 3 fully saturated rings. The van der Waals surface area contributed by atoms with E-state index in [1.54, 1.807) is 12.1 Å². The van der Waals surface area contributed by atoms with Gasteiger partial charge in [0, 0.05) is 12.6 Å². The van der Waals surface area contributed by atoms with Crippen molar-refractivity contribution < 1.29 is 17.9 Å². The number of halogens is 3. The molecular formula is C16H18F3NO. The lowest BCUT2D eigenvalue weighted by Gasteiger charge is -2.12. The molecule has 0 spiro atoms. The fourth-order valence-corrected chi connectivity index (χ4v) is 4.64. The Kier molecular flexibility index (Phi) is 2.96. The van der Waals surface area contributed by atoms with Gasteiger partial charge in [-0.25, -0.2) is 0 Å². The molecular weight excluding hydrogens is 279 g/mol. The molecule has 4 rings (SSSR count). The van der Waals surface area contributed by atoms with Gasteiger partial charge in [-0.05, 0) is 60.6 Å². The van der Waals surface area contributed by atoms with Crippen LogP contribution in [0.3, 0.4) is 0 Å². The van der Waals surface area contributed by atoms with Crippen LogP contribution in [0.5, 0.6) is 5.75 Å². The standard InChI is InChI=1S/C16H18F3NO/c17-16(18,19)21-12-5-1-9(2-6-12)8-20-15-13-10-3-4-11(7-10)14(13)15/h1-2,5-6,10-11,13-15,20H,3-4,7-8H2. The SMILES string of the molecule is FC(F)(F)Oc1ccc(CNC2C3C4CCC(C4)C23)cc1. The van der Waals surface area contributed by atoms with E-state index in [2.05, 4.69) is 10.1 Å². The third-order valence-electron chi connectivity index (χ3n) is 5.43. The Bertz CT molecular complexity index is 511. The van der Waals surface area contributed by atoms with Crippen molar-refractivity contribution in [2.75, 3.05) is 0 Å². The summed E-state index contributed by atoms with van der Waals surface area (Å²) in [6.07, 6.45) is -0.400. The third-order valence-corrected chi connectivity index (χ3v) is 5.43. The quantitative estimate of drug-likeness (QED) is 0.914. The molecule has 4 unspecified atom stereocenters. The van der Waals surface area contributed by atoms with Crippen molar-refractivity contribution in [3.8, 4) is 5.75 Å². The summed E-state index contributed by atoms with van der Waals surface area (Å²) in [4.78, 5) is 0. The maximum absolute atomic E-state index is 12.1. The minimum atomic E-state index is -4.62. The van der Waals surface area contributed by atoms with Crippen molar-refractivity contribution in [2.45, 2.75) is 38.2 Å². The van der Waals surface area contributed by atoms with Gasteiger partial charge in [-0.3, -0.25) is 0 Å². The Morgan fingerprint density at radius 2 is 1.67 bits per heavy atom. The van der Waals surface area contributed by atoms with E-state index < -0.39 is 6.36 Å². The molecule has 114 valence electrons. The Hall–Kier alpha value is -1.23. The van der Waals surface area contributed by atoms with Crippen LogP contribution in [0.1, 0.15) is 24.8 Å². The number of hydrogen-bond donors (Lipinski definition) is 1. The van der Waals surface area contributed by atoms with Crippen LogP contribution in [0, 0.1) is 23.7 Å². The van der Waals surface area contributed by atoms with E-state index in [0.717, 1.165) is 35.8 Å². The van der Waals surface area contributed by atoms with E-state index in [4.69, 9.17) is 0 Å². The second-order valence-electron chi connectivity index (χ2n) is 6.59. The molecule has 0 heterocycles. The van der Waals surface area contributed by atoms with Gasteiger partial charge in [-0.1, -0.05) is 12.1 Å². The van der Waals surface area contributed by atoms with Crippen LogP contribution in [-0.4, -0.2) is 12.4 Å². The zero-order chi connectivity index (χ0) is 14.6. The molecule has 3 aliphatic carbocycles. The molecule has 1 N–H and O–H groups in total. The van der Waals surface area contributed by atoms with Crippen molar-refractivity contribution in [1.29, 1.82) is 0 Å². The van der Waals surface area contributed by atoms with Gasteiger partial charge in [0.25, 0.3) is 0 Å². The fraction of sp³-hybridized carbons (Fsp3) is 0.625. The van der Waals surface area contributed by atoms with E-state index >= 15 is 0 Å². The Balaban J connectivity index is 1.30. The van der Waals surface area contributed by atoms with Gasteiger partial charge in [0.2, 0.25) is 0 Å². The first-order valence-electron chi connectivity index (χ1n) is 7.59. The number of hydrogen-bond acceptors (Lipinski definition) is 2. The summed E-state index contributed by atoms with van der Waals surface area (Å²) < 4.78 is 40.1. The van der Waals surface area contributed by atoms with Gasteiger partial charge in [-0.2, -0.15) is 0 Å². The van der Waals surface area contributed by atoms with Gasteiger partial charge in [0.15, 0.2) is 0 Å². The molecule has 0 aliphatic heterocycles.